The van der Waals surface area contributed by atoms with Crippen LogP contribution in [0.2, 0.25) is 0 Å². The van der Waals surface area contributed by atoms with Crippen molar-refractivity contribution in [2.75, 3.05) is 19.8 Å². The van der Waals surface area contributed by atoms with Gasteiger partial charge in [0.05, 0.1) is 17.6 Å². The monoisotopic (exact) mass is 499 g/mol. The Balaban J connectivity index is 1.31. The van der Waals surface area contributed by atoms with E-state index in [1.165, 1.54) is 5.56 Å². The van der Waals surface area contributed by atoms with Gasteiger partial charge in [-0.15, -0.1) is 0 Å². The van der Waals surface area contributed by atoms with Gasteiger partial charge >= 0.3 is 0 Å². The van der Waals surface area contributed by atoms with E-state index in [-0.39, 0.29) is 12.5 Å². The van der Waals surface area contributed by atoms with Crippen LogP contribution in [0, 0.1) is 13.8 Å². The van der Waals surface area contributed by atoms with Gasteiger partial charge < -0.3 is 19.4 Å². The number of ether oxygens (including phenoxy) is 2. The van der Waals surface area contributed by atoms with Crippen molar-refractivity contribution in [1.29, 1.82) is 0 Å². The molecule has 6 nitrogen and oxygen atoms in total. The Morgan fingerprint density at radius 2 is 1.76 bits per heavy atom. The number of hydrogen-bond acceptors (Lipinski definition) is 4. The summed E-state index contributed by atoms with van der Waals surface area (Å²) >= 11 is 0. The molecule has 4 rings (SSSR count). The summed E-state index contributed by atoms with van der Waals surface area (Å²) in [5, 5.41) is 2.97. The average molecular weight is 500 g/mol. The zero-order valence-corrected chi connectivity index (χ0v) is 22.3. The van der Waals surface area contributed by atoms with Crippen LogP contribution in [0.15, 0.2) is 66.7 Å². The number of nitrogens with zero attached hydrogens (tertiary/aromatic N) is 2. The van der Waals surface area contributed by atoms with Crippen LogP contribution in [-0.2, 0) is 17.8 Å². The highest BCUT2D eigenvalue weighted by molar-refractivity contribution is 5.77. The van der Waals surface area contributed by atoms with Crippen LogP contribution in [0.3, 0.4) is 0 Å². The number of hydrogen-bond donors (Lipinski definition) is 1. The minimum absolute atomic E-state index is 0.0119. The molecule has 0 aliphatic rings. The SMILES string of the molecule is Cc1ccc(C)c(OCC(=O)NCCCc2nc3ccccc3n2CCOc2ccccc2C(C)C)c1. The molecule has 0 aliphatic carbocycles. The number of aromatic nitrogens is 2. The summed E-state index contributed by atoms with van der Waals surface area (Å²) in [6.07, 6.45) is 1.55. The van der Waals surface area contributed by atoms with Crippen molar-refractivity contribution < 1.29 is 14.3 Å². The maximum Gasteiger partial charge on any atom is 0.257 e. The molecule has 0 spiro atoms. The molecule has 3 aromatic carbocycles. The van der Waals surface area contributed by atoms with Gasteiger partial charge in [-0.05, 0) is 67.1 Å². The average Bonchev–Trinajstić information content (AvgIpc) is 3.24. The van der Waals surface area contributed by atoms with E-state index in [0.717, 1.165) is 52.3 Å². The minimum atomic E-state index is -0.119. The third kappa shape index (κ3) is 6.91. The number of imidazole rings is 1. The van der Waals surface area contributed by atoms with E-state index in [4.69, 9.17) is 14.5 Å². The molecule has 0 bridgehead atoms. The van der Waals surface area contributed by atoms with Crippen molar-refractivity contribution in [3.8, 4) is 11.5 Å². The van der Waals surface area contributed by atoms with Crippen molar-refractivity contribution in [1.82, 2.24) is 14.9 Å². The highest BCUT2D eigenvalue weighted by Crippen LogP contribution is 2.26. The molecule has 0 saturated heterocycles. The van der Waals surface area contributed by atoms with E-state index in [2.05, 4.69) is 41.9 Å². The summed E-state index contributed by atoms with van der Waals surface area (Å²) in [5.74, 6) is 2.98. The predicted octanol–water partition coefficient (Wildman–Crippen LogP) is 5.98. The fourth-order valence-corrected chi connectivity index (χ4v) is 4.43. The molecule has 0 unspecified atom stereocenters. The molecule has 0 atom stereocenters. The maximum atomic E-state index is 12.3. The van der Waals surface area contributed by atoms with E-state index in [1.807, 2.05) is 62.4 Å². The van der Waals surface area contributed by atoms with Crippen LogP contribution in [0.25, 0.3) is 11.0 Å². The van der Waals surface area contributed by atoms with Crippen LogP contribution < -0.4 is 14.8 Å². The van der Waals surface area contributed by atoms with Crippen LogP contribution in [0.1, 0.15) is 48.7 Å². The van der Waals surface area contributed by atoms with Gasteiger partial charge in [0, 0.05) is 13.0 Å². The second-order valence-electron chi connectivity index (χ2n) is 9.72. The standard InChI is InChI=1S/C31H37N3O3/c1-22(2)25-10-5-8-13-28(25)36-19-18-34-27-12-7-6-11-26(27)33-30(34)14-9-17-32-31(35)21-37-29-20-23(3)15-16-24(29)4/h5-8,10-13,15-16,20,22H,9,14,17-19,21H2,1-4H3,(H,32,35). The summed E-state index contributed by atoms with van der Waals surface area (Å²) in [7, 11) is 0. The molecule has 37 heavy (non-hydrogen) atoms. The van der Waals surface area contributed by atoms with Crippen LogP contribution in [-0.4, -0.2) is 35.2 Å². The first kappa shape index (κ1) is 26.3. The van der Waals surface area contributed by atoms with Gasteiger partial charge in [0.25, 0.3) is 5.91 Å². The highest BCUT2D eigenvalue weighted by Gasteiger charge is 2.12. The summed E-state index contributed by atoms with van der Waals surface area (Å²) in [6, 6.07) is 22.4. The molecule has 0 aliphatic heterocycles. The van der Waals surface area contributed by atoms with Crippen molar-refractivity contribution in [3.63, 3.8) is 0 Å². The lowest BCUT2D eigenvalue weighted by Crippen LogP contribution is -2.30. The Morgan fingerprint density at radius 1 is 0.973 bits per heavy atom. The quantitative estimate of drug-likeness (QED) is 0.243. The highest BCUT2D eigenvalue weighted by atomic mass is 16.5. The van der Waals surface area contributed by atoms with E-state index in [9.17, 15) is 4.79 Å². The maximum absolute atomic E-state index is 12.3. The first-order valence-electron chi connectivity index (χ1n) is 13.0. The smallest absolute Gasteiger partial charge is 0.257 e. The zero-order chi connectivity index (χ0) is 26.2. The molecule has 0 saturated carbocycles. The molecule has 1 N–H and O–H groups in total. The molecule has 194 valence electrons. The minimum Gasteiger partial charge on any atom is -0.491 e. The van der Waals surface area contributed by atoms with Gasteiger partial charge in [0.1, 0.15) is 23.9 Å². The molecule has 0 fully saturated rings. The lowest BCUT2D eigenvalue weighted by Gasteiger charge is -2.15. The Hall–Kier alpha value is -3.80. The Kier molecular flexibility index (Phi) is 8.83. The Labute approximate surface area is 219 Å². The molecule has 1 aromatic heterocycles. The predicted molar refractivity (Wildman–Crippen MR) is 149 cm³/mol. The van der Waals surface area contributed by atoms with Gasteiger partial charge in [-0.25, -0.2) is 4.98 Å². The number of amides is 1. The summed E-state index contributed by atoms with van der Waals surface area (Å²) < 4.78 is 14.1. The number of benzene rings is 3. The Bertz CT molecular complexity index is 1340. The third-order valence-electron chi connectivity index (χ3n) is 6.45. The van der Waals surface area contributed by atoms with E-state index in [0.29, 0.717) is 25.6 Å². The second-order valence-corrected chi connectivity index (χ2v) is 9.72. The molecular formula is C31H37N3O3. The van der Waals surface area contributed by atoms with Crippen LogP contribution >= 0.6 is 0 Å². The van der Waals surface area contributed by atoms with Crippen molar-refractivity contribution in [2.45, 2.75) is 53.0 Å². The van der Waals surface area contributed by atoms with Gasteiger partial charge in [0.15, 0.2) is 6.61 Å². The number of aryl methyl sites for hydroxylation is 3. The van der Waals surface area contributed by atoms with Gasteiger partial charge in [-0.1, -0.05) is 56.3 Å². The van der Waals surface area contributed by atoms with Gasteiger partial charge in [-0.3, -0.25) is 4.79 Å². The van der Waals surface area contributed by atoms with Crippen LogP contribution in [0.4, 0.5) is 0 Å². The fourth-order valence-electron chi connectivity index (χ4n) is 4.43. The van der Waals surface area contributed by atoms with Crippen molar-refractivity contribution in [2.24, 2.45) is 0 Å². The number of fused-ring (bicyclic) bond motifs is 1. The third-order valence-corrected chi connectivity index (χ3v) is 6.45. The Morgan fingerprint density at radius 3 is 2.59 bits per heavy atom. The summed E-state index contributed by atoms with van der Waals surface area (Å²) in [5.41, 5.74) is 5.43. The molecule has 0 radical (unpaired) electrons. The number of rotatable bonds is 12. The normalized spacial score (nSPS) is 11.2. The fraction of sp³-hybridized carbons (Fsp3) is 0.355. The largest absolute Gasteiger partial charge is 0.491 e. The summed E-state index contributed by atoms with van der Waals surface area (Å²) in [6.45, 7) is 10.2. The van der Waals surface area contributed by atoms with E-state index >= 15 is 0 Å². The topological polar surface area (TPSA) is 65.4 Å². The number of carbonyl (C=O) groups excluding carboxylic acids is 1. The lowest BCUT2D eigenvalue weighted by molar-refractivity contribution is -0.123. The first-order valence-corrected chi connectivity index (χ1v) is 13.0. The van der Waals surface area contributed by atoms with E-state index in [1.54, 1.807) is 0 Å². The number of nitrogens with one attached hydrogen (secondary N) is 1. The van der Waals surface area contributed by atoms with Gasteiger partial charge in [0.2, 0.25) is 0 Å². The van der Waals surface area contributed by atoms with Gasteiger partial charge in [-0.2, -0.15) is 0 Å². The molecule has 6 heteroatoms. The zero-order valence-electron chi connectivity index (χ0n) is 22.3. The second kappa shape index (κ2) is 12.4. The molecular weight excluding hydrogens is 462 g/mol. The van der Waals surface area contributed by atoms with E-state index < -0.39 is 0 Å². The number of para-hydroxylation sites is 3. The molecule has 1 heterocycles. The summed E-state index contributed by atoms with van der Waals surface area (Å²) in [4.78, 5) is 17.2. The number of carbonyl (C=O) groups is 1. The molecule has 4 aromatic rings. The van der Waals surface area contributed by atoms with Crippen molar-refractivity contribution >= 4 is 16.9 Å². The lowest BCUT2D eigenvalue weighted by atomic mass is 10.0. The van der Waals surface area contributed by atoms with Crippen LogP contribution in [0.5, 0.6) is 11.5 Å². The first-order chi connectivity index (χ1) is 17.9. The molecule has 1 amide bonds. The van der Waals surface area contributed by atoms with Crippen molar-refractivity contribution in [3.05, 3.63) is 89.2 Å².